The van der Waals surface area contributed by atoms with Crippen LogP contribution in [0.5, 0.6) is 0 Å². The van der Waals surface area contributed by atoms with Crippen molar-refractivity contribution in [3.05, 3.63) is 46.4 Å². The normalized spacial score (nSPS) is 22.1. The zero-order chi connectivity index (χ0) is 21.5. The number of aromatic nitrogens is 1. The Kier molecular flexibility index (Phi) is 5.72. The summed E-state index contributed by atoms with van der Waals surface area (Å²) in [6.07, 6.45) is 2.39. The lowest BCUT2D eigenvalue weighted by Crippen LogP contribution is -2.52. The second-order valence-electron chi connectivity index (χ2n) is 8.82. The molecule has 2 fully saturated rings. The van der Waals surface area contributed by atoms with E-state index < -0.39 is 9.84 Å². The van der Waals surface area contributed by atoms with Gasteiger partial charge in [0, 0.05) is 55.7 Å². The lowest BCUT2D eigenvalue weighted by Gasteiger charge is -2.37. The number of nitrogens with zero attached hydrogens (tertiary/aromatic N) is 3. The van der Waals surface area contributed by atoms with Crippen molar-refractivity contribution in [3.8, 4) is 0 Å². The van der Waals surface area contributed by atoms with E-state index in [2.05, 4.69) is 4.90 Å². The first kappa shape index (κ1) is 21.1. The van der Waals surface area contributed by atoms with Crippen molar-refractivity contribution in [3.63, 3.8) is 0 Å². The Morgan fingerprint density at radius 2 is 1.77 bits per heavy atom. The van der Waals surface area contributed by atoms with Crippen LogP contribution in [0, 0.1) is 5.92 Å². The van der Waals surface area contributed by atoms with Crippen molar-refractivity contribution >= 4 is 26.5 Å². The van der Waals surface area contributed by atoms with Crippen LogP contribution in [0.1, 0.15) is 30.6 Å². The molecule has 1 aromatic heterocycles. The number of hydrogen-bond donors (Lipinski definition) is 0. The third-order valence-corrected chi connectivity index (χ3v) is 7.86. The van der Waals surface area contributed by atoms with E-state index in [1.165, 1.54) is 0 Å². The van der Waals surface area contributed by atoms with Gasteiger partial charge in [-0.3, -0.25) is 14.5 Å². The molecule has 0 saturated carbocycles. The summed E-state index contributed by atoms with van der Waals surface area (Å²) in [4.78, 5) is 30.3. The quantitative estimate of drug-likeness (QED) is 0.735. The fourth-order valence-electron chi connectivity index (χ4n) is 4.57. The summed E-state index contributed by atoms with van der Waals surface area (Å²) in [7, 11) is -2.92. The molecule has 0 bridgehead atoms. The predicted molar refractivity (Wildman–Crippen MR) is 118 cm³/mol. The average Bonchev–Trinajstić information content (AvgIpc) is 3.09. The number of amides is 1. The highest BCUT2D eigenvalue weighted by Gasteiger charge is 2.34. The van der Waals surface area contributed by atoms with Crippen LogP contribution in [-0.4, -0.2) is 72.4 Å². The summed E-state index contributed by atoms with van der Waals surface area (Å²) >= 11 is 0. The monoisotopic (exact) mass is 431 g/mol. The molecule has 2 aromatic rings. The zero-order valence-electron chi connectivity index (χ0n) is 17.6. The topological polar surface area (TPSA) is 79.7 Å². The minimum atomic E-state index is -2.92. The van der Waals surface area contributed by atoms with E-state index in [-0.39, 0.29) is 34.9 Å². The molecule has 3 heterocycles. The molecule has 1 atom stereocenters. The Balaban J connectivity index is 1.56. The predicted octanol–water partition coefficient (Wildman–Crippen LogP) is 1.60. The smallest absolute Gasteiger partial charge is 0.258 e. The van der Waals surface area contributed by atoms with Crippen LogP contribution >= 0.6 is 0 Å². The van der Waals surface area contributed by atoms with E-state index in [0.29, 0.717) is 55.5 Å². The maximum Gasteiger partial charge on any atom is 0.258 e. The lowest BCUT2D eigenvalue weighted by molar-refractivity contribution is 0.0588. The summed E-state index contributed by atoms with van der Waals surface area (Å²) in [5, 5.41) is 1.26. The van der Waals surface area contributed by atoms with Crippen molar-refractivity contribution in [1.29, 1.82) is 0 Å². The Morgan fingerprint density at radius 3 is 2.37 bits per heavy atom. The molecule has 2 aliphatic rings. The minimum absolute atomic E-state index is 0.0666. The standard InChI is InChI=1S/C22H29N3O4S/c1-16(2)13-25-14-20(18-5-3-4-6-19(18)21(25)26)22(27)24-10-8-23(9-11-24)17-7-12-30(28,29)15-17/h3-6,14,16-17H,7-13,15H2,1-2H3/t17-/m0/s1. The second-order valence-corrected chi connectivity index (χ2v) is 11.1. The molecule has 0 unspecified atom stereocenters. The summed E-state index contributed by atoms with van der Waals surface area (Å²) in [5.41, 5.74) is 0.492. The molecule has 0 N–H and O–H groups in total. The van der Waals surface area contributed by atoms with Gasteiger partial charge in [-0.1, -0.05) is 32.0 Å². The SMILES string of the molecule is CC(C)Cn1cc(C(=O)N2CCN([C@H]3CCS(=O)(=O)C3)CC2)c2ccccc2c1=O. The van der Waals surface area contributed by atoms with E-state index in [9.17, 15) is 18.0 Å². The zero-order valence-corrected chi connectivity index (χ0v) is 18.4. The number of sulfone groups is 1. The summed E-state index contributed by atoms with van der Waals surface area (Å²) in [5.74, 6) is 0.715. The number of carbonyl (C=O) groups is 1. The number of fused-ring (bicyclic) bond motifs is 1. The van der Waals surface area contributed by atoms with Crippen LogP contribution in [-0.2, 0) is 16.4 Å². The molecule has 162 valence electrons. The number of pyridine rings is 1. The molecule has 0 radical (unpaired) electrons. The van der Waals surface area contributed by atoms with Gasteiger partial charge >= 0.3 is 0 Å². The highest BCUT2D eigenvalue weighted by atomic mass is 32.2. The van der Waals surface area contributed by atoms with Crippen molar-refractivity contribution in [2.75, 3.05) is 37.7 Å². The van der Waals surface area contributed by atoms with Gasteiger partial charge in [0.1, 0.15) is 0 Å². The molecule has 0 aliphatic carbocycles. The summed E-state index contributed by atoms with van der Waals surface area (Å²) in [6, 6.07) is 7.37. The molecule has 2 saturated heterocycles. The first-order chi connectivity index (χ1) is 14.2. The molecule has 1 aromatic carbocycles. The van der Waals surface area contributed by atoms with Crippen molar-refractivity contribution in [2.24, 2.45) is 5.92 Å². The lowest BCUT2D eigenvalue weighted by atomic mass is 10.1. The fraction of sp³-hybridized carbons (Fsp3) is 0.545. The third-order valence-electron chi connectivity index (χ3n) is 6.11. The molecular formula is C22H29N3O4S. The Bertz CT molecular complexity index is 1110. The Labute approximate surface area is 177 Å². The van der Waals surface area contributed by atoms with Crippen LogP contribution in [0.4, 0.5) is 0 Å². The van der Waals surface area contributed by atoms with Gasteiger partial charge in [-0.25, -0.2) is 8.42 Å². The van der Waals surface area contributed by atoms with Gasteiger partial charge in [-0.05, 0) is 18.4 Å². The van der Waals surface area contributed by atoms with Crippen molar-refractivity contribution in [1.82, 2.24) is 14.4 Å². The van der Waals surface area contributed by atoms with E-state index in [0.717, 1.165) is 0 Å². The van der Waals surface area contributed by atoms with Crippen LogP contribution < -0.4 is 5.56 Å². The number of hydrogen-bond acceptors (Lipinski definition) is 5. The minimum Gasteiger partial charge on any atom is -0.336 e. The van der Waals surface area contributed by atoms with Gasteiger partial charge in [0.2, 0.25) is 0 Å². The molecule has 4 rings (SSSR count). The van der Waals surface area contributed by atoms with Crippen LogP contribution in [0.15, 0.2) is 35.3 Å². The molecule has 30 heavy (non-hydrogen) atoms. The largest absolute Gasteiger partial charge is 0.336 e. The average molecular weight is 432 g/mol. The van der Waals surface area contributed by atoms with E-state index in [4.69, 9.17) is 0 Å². The highest BCUT2D eigenvalue weighted by molar-refractivity contribution is 7.91. The van der Waals surface area contributed by atoms with Gasteiger partial charge in [0.25, 0.3) is 11.5 Å². The number of benzene rings is 1. The maximum atomic E-state index is 13.4. The summed E-state index contributed by atoms with van der Waals surface area (Å²) < 4.78 is 25.2. The molecule has 1 amide bonds. The van der Waals surface area contributed by atoms with Gasteiger partial charge < -0.3 is 9.47 Å². The highest BCUT2D eigenvalue weighted by Crippen LogP contribution is 2.22. The Hall–Kier alpha value is -2.19. The van der Waals surface area contributed by atoms with Gasteiger partial charge in [-0.15, -0.1) is 0 Å². The molecule has 7 nitrogen and oxygen atoms in total. The van der Waals surface area contributed by atoms with Crippen molar-refractivity contribution < 1.29 is 13.2 Å². The number of piperazine rings is 1. The molecule has 2 aliphatic heterocycles. The van der Waals surface area contributed by atoms with Gasteiger partial charge in [0.15, 0.2) is 9.84 Å². The van der Waals surface area contributed by atoms with Crippen LogP contribution in [0.3, 0.4) is 0 Å². The van der Waals surface area contributed by atoms with Crippen molar-refractivity contribution in [2.45, 2.75) is 32.9 Å². The number of carbonyl (C=O) groups excluding carboxylic acids is 1. The van der Waals surface area contributed by atoms with Gasteiger partial charge in [0.05, 0.1) is 17.1 Å². The molecular weight excluding hydrogens is 402 g/mol. The first-order valence-corrected chi connectivity index (χ1v) is 12.4. The van der Waals surface area contributed by atoms with Crippen LogP contribution in [0.2, 0.25) is 0 Å². The Morgan fingerprint density at radius 1 is 1.10 bits per heavy atom. The van der Waals surface area contributed by atoms with E-state index in [1.54, 1.807) is 16.8 Å². The summed E-state index contributed by atoms with van der Waals surface area (Å²) in [6.45, 7) is 7.13. The van der Waals surface area contributed by atoms with E-state index in [1.807, 2.05) is 36.9 Å². The van der Waals surface area contributed by atoms with Crippen LogP contribution in [0.25, 0.3) is 10.8 Å². The second kappa shape index (κ2) is 8.15. The first-order valence-electron chi connectivity index (χ1n) is 10.6. The third kappa shape index (κ3) is 4.16. The fourth-order valence-corrected chi connectivity index (χ4v) is 6.33. The van der Waals surface area contributed by atoms with Gasteiger partial charge in [-0.2, -0.15) is 0 Å². The molecule has 8 heteroatoms. The molecule has 0 spiro atoms. The number of rotatable bonds is 4. The van der Waals surface area contributed by atoms with E-state index >= 15 is 0 Å². The maximum absolute atomic E-state index is 13.4.